The first-order valence-corrected chi connectivity index (χ1v) is 10.2. The Bertz CT molecular complexity index is 1160. The van der Waals surface area contributed by atoms with Gasteiger partial charge in [0.1, 0.15) is 11.3 Å². The molecule has 0 aliphatic heterocycles. The number of benzene rings is 3. The maximum Gasteiger partial charge on any atom is 0.339 e. The standard InChI is InChI=1S/C26H24N2O2/c1-3-7-23-24(26(29)30)25(27-28(23)22-16-10-18(2)11-17-22)21-14-12-20(13-15-21)19-8-5-4-6-9-19/h4-6,8-17H,3,7H2,1-2H3,(H,29,30). The van der Waals surface area contributed by atoms with Crippen LogP contribution in [0.3, 0.4) is 0 Å². The lowest BCUT2D eigenvalue weighted by Gasteiger charge is -2.07. The van der Waals surface area contributed by atoms with Crippen LogP contribution in [0.25, 0.3) is 28.1 Å². The summed E-state index contributed by atoms with van der Waals surface area (Å²) in [5, 5.41) is 14.8. The molecule has 4 heteroatoms. The second-order valence-corrected chi connectivity index (χ2v) is 7.42. The second kappa shape index (κ2) is 8.37. The minimum Gasteiger partial charge on any atom is -0.478 e. The van der Waals surface area contributed by atoms with Gasteiger partial charge in [0, 0.05) is 5.56 Å². The smallest absolute Gasteiger partial charge is 0.339 e. The number of carboxylic acids is 1. The lowest BCUT2D eigenvalue weighted by atomic mass is 10.00. The van der Waals surface area contributed by atoms with E-state index in [0.717, 1.165) is 40.1 Å². The number of hydrogen-bond donors (Lipinski definition) is 1. The largest absolute Gasteiger partial charge is 0.478 e. The Morgan fingerprint density at radius 2 is 1.47 bits per heavy atom. The minimum absolute atomic E-state index is 0.282. The summed E-state index contributed by atoms with van der Waals surface area (Å²) in [6.07, 6.45) is 1.48. The molecule has 0 aliphatic carbocycles. The van der Waals surface area contributed by atoms with Crippen LogP contribution in [-0.4, -0.2) is 20.9 Å². The van der Waals surface area contributed by atoms with E-state index in [-0.39, 0.29) is 5.56 Å². The molecule has 30 heavy (non-hydrogen) atoms. The molecule has 0 bridgehead atoms. The van der Waals surface area contributed by atoms with Crippen LogP contribution < -0.4 is 0 Å². The zero-order chi connectivity index (χ0) is 21.1. The molecule has 0 atom stereocenters. The molecule has 4 rings (SSSR count). The highest BCUT2D eigenvalue weighted by Crippen LogP contribution is 2.30. The van der Waals surface area contributed by atoms with Gasteiger partial charge in [-0.25, -0.2) is 9.48 Å². The molecule has 0 spiro atoms. The number of aryl methyl sites for hydroxylation is 1. The van der Waals surface area contributed by atoms with Gasteiger partial charge in [0.05, 0.1) is 11.4 Å². The molecule has 0 saturated heterocycles. The Hall–Kier alpha value is -3.66. The van der Waals surface area contributed by atoms with E-state index in [1.165, 1.54) is 0 Å². The summed E-state index contributed by atoms with van der Waals surface area (Å²) in [6, 6.07) is 26.0. The van der Waals surface area contributed by atoms with Crippen molar-refractivity contribution in [2.75, 3.05) is 0 Å². The van der Waals surface area contributed by atoms with Crippen molar-refractivity contribution in [2.24, 2.45) is 0 Å². The summed E-state index contributed by atoms with van der Waals surface area (Å²) in [5.41, 5.74) is 6.56. The van der Waals surface area contributed by atoms with E-state index in [9.17, 15) is 9.90 Å². The van der Waals surface area contributed by atoms with Crippen LogP contribution >= 0.6 is 0 Å². The van der Waals surface area contributed by atoms with Gasteiger partial charge in [0.15, 0.2) is 0 Å². The molecule has 0 fully saturated rings. The lowest BCUT2D eigenvalue weighted by molar-refractivity contribution is 0.0696. The van der Waals surface area contributed by atoms with Gasteiger partial charge in [0.2, 0.25) is 0 Å². The Morgan fingerprint density at radius 3 is 2.07 bits per heavy atom. The lowest BCUT2D eigenvalue weighted by Crippen LogP contribution is -2.06. The summed E-state index contributed by atoms with van der Waals surface area (Å²) in [7, 11) is 0. The van der Waals surface area contributed by atoms with E-state index in [2.05, 4.69) is 12.1 Å². The quantitative estimate of drug-likeness (QED) is 0.424. The summed E-state index contributed by atoms with van der Waals surface area (Å²) >= 11 is 0. The molecular weight excluding hydrogens is 372 g/mol. The molecule has 0 saturated carbocycles. The molecule has 1 heterocycles. The predicted molar refractivity (Wildman–Crippen MR) is 120 cm³/mol. The normalized spacial score (nSPS) is 10.9. The maximum absolute atomic E-state index is 12.2. The number of hydrogen-bond acceptors (Lipinski definition) is 2. The van der Waals surface area contributed by atoms with Gasteiger partial charge in [-0.3, -0.25) is 0 Å². The highest BCUT2D eigenvalue weighted by atomic mass is 16.4. The van der Waals surface area contributed by atoms with Crippen molar-refractivity contribution >= 4 is 5.97 Å². The highest BCUT2D eigenvalue weighted by molar-refractivity contribution is 5.96. The van der Waals surface area contributed by atoms with Crippen molar-refractivity contribution in [1.29, 1.82) is 0 Å². The first kappa shape index (κ1) is 19.6. The zero-order valence-corrected chi connectivity index (χ0v) is 17.2. The van der Waals surface area contributed by atoms with Crippen molar-refractivity contribution in [1.82, 2.24) is 9.78 Å². The monoisotopic (exact) mass is 396 g/mol. The summed E-state index contributed by atoms with van der Waals surface area (Å²) < 4.78 is 1.78. The molecule has 1 aromatic heterocycles. The third-order valence-corrected chi connectivity index (χ3v) is 5.23. The SMILES string of the molecule is CCCc1c(C(=O)O)c(-c2ccc(-c3ccccc3)cc2)nn1-c1ccc(C)cc1. The highest BCUT2D eigenvalue weighted by Gasteiger charge is 2.24. The van der Waals surface area contributed by atoms with Crippen molar-refractivity contribution in [3.05, 3.63) is 95.7 Å². The van der Waals surface area contributed by atoms with Gasteiger partial charge < -0.3 is 5.11 Å². The van der Waals surface area contributed by atoms with E-state index in [1.54, 1.807) is 4.68 Å². The fourth-order valence-corrected chi connectivity index (χ4v) is 3.70. The molecule has 4 nitrogen and oxygen atoms in total. The van der Waals surface area contributed by atoms with Gasteiger partial charge in [-0.05, 0) is 36.6 Å². The number of carbonyl (C=O) groups is 1. The fourth-order valence-electron chi connectivity index (χ4n) is 3.70. The van der Waals surface area contributed by atoms with E-state index in [1.807, 2.05) is 80.6 Å². The Morgan fingerprint density at radius 1 is 0.867 bits per heavy atom. The van der Waals surface area contributed by atoms with Crippen molar-refractivity contribution in [3.63, 3.8) is 0 Å². The van der Waals surface area contributed by atoms with Crippen LogP contribution in [0.15, 0.2) is 78.9 Å². The molecular formula is C26H24N2O2. The average molecular weight is 396 g/mol. The van der Waals surface area contributed by atoms with Crippen molar-refractivity contribution in [2.45, 2.75) is 26.7 Å². The van der Waals surface area contributed by atoms with Crippen LogP contribution in [0.4, 0.5) is 0 Å². The molecule has 0 amide bonds. The van der Waals surface area contributed by atoms with Gasteiger partial charge in [-0.15, -0.1) is 0 Å². The summed E-state index contributed by atoms with van der Waals surface area (Å²) in [4.78, 5) is 12.2. The zero-order valence-electron chi connectivity index (χ0n) is 17.2. The minimum atomic E-state index is -0.945. The predicted octanol–water partition coefficient (Wildman–Crippen LogP) is 6.17. The van der Waals surface area contributed by atoms with Gasteiger partial charge in [-0.1, -0.05) is 85.6 Å². The number of rotatable bonds is 6. The van der Waals surface area contributed by atoms with Crippen LogP contribution in [0.5, 0.6) is 0 Å². The van der Waals surface area contributed by atoms with E-state index < -0.39 is 5.97 Å². The van der Waals surface area contributed by atoms with Crippen molar-refractivity contribution in [3.8, 4) is 28.1 Å². The van der Waals surface area contributed by atoms with E-state index >= 15 is 0 Å². The molecule has 0 radical (unpaired) electrons. The van der Waals surface area contributed by atoms with Crippen LogP contribution in [-0.2, 0) is 6.42 Å². The molecule has 3 aromatic carbocycles. The van der Waals surface area contributed by atoms with E-state index in [4.69, 9.17) is 5.10 Å². The summed E-state index contributed by atoms with van der Waals surface area (Å²) in [6.45, 7) is 4.08. The molecule has 150 valence electrons. The Labute approximate surface area is 176 Å². The fraction of sp³-hybridized carbons (Fsp3) is 0.154. The molecule has 0 aliphatic rings. The first-order chi connectivity index (χ1) is 14.6. The number of carboxylic acid groups (broad SMARTS) is 1. The van der Waals surface area contributed by atoms with Gasteiger partial charge >= 0.3 is 5.97 Å². The van der Waals surface area contributed by atoms with E-state index in [0.29, 0.717) is 12.1 Å². The van der Waals surface area contributed by atoms with Crippen molar-refractivity contribution < 1.29 is 9.90 Å². The number of aromatic carboxylic acids is 1. The first-order valence-electron chi connectivity index (χ1n) is 10.2. The summed E-state index contributed by atoms with van der Waals surface area (Å²) in [5.74, 6) is -0.945. The molecule has 4 aromatic rings. The van der Waals surface area contributed by atoms with Crippen LogP contribution in [0.1, 0.15) is 35.0 Å². The number of nitrogens with zero attached hydrogens (tertiary/aromatic N) is 2. The molecule has 0 unspecified atom stereocenters. The topological polar surface area (TPSA) is 55.1 Å². The third kappa shape index (κ3) is 3.77. The Balaban J connectivity index is 1.84. The van der Waals surface area contributed by atoms with Gasteiger partial charge in [0.25, 0.3) is 0 Å². The van der Waals surface area contributed by atoms with Gasteiger partial charge in [-0.2, -0.15) is 5.10 Å². The number of aromatic nitrogens is 2. The average Bonchev–Trinajstić information content (AvgIpc) is 3.15. The molecule has 1 N–H and O–H groups in total. The maximum atomic E-state index is 12.2. The van der Waals surface area contributed by atoms with Crippen LogP contribution in [0, 0.1) is 6.92 Å². The third-order valence-electron chi connectivity index (χ3n) is 5.23. The Kier molecular flexibility index (Phi) is 5.48. The second-order valence-electron chi connectivity index (χ2n) is 7.42. The van der Waals surface area contributed by atoms with Crippen LogP contribution in [0.2, 0.25) is 0 Å².